The van der Waals surface area contributed by atoms with Gasteiger partial charge in [0.2, 0.25) is 0 Å². The highest BCUT2D eigenvalue weighted by molar-refractivity contribution is 7.71. The zero-order chi connectivity index (χ0) is 12.4. The zero-order valence-corrected chi connectivity index (χ0v) is 10.9. The van der Waals surface area contributed by atoms with Crippen LogP contribution in [0.5, 0.6) is 0 Å². The summed E-state index contributed by atoms with van der Waals surface area (Å²) in [5.74, 6) is 0. The van der Waals surface area contributed by atoms with Gasteiger partial charge in [0.15, 0.2) is 7.14 Å². The fourth-order valence-electron chi connectivity index (χ4n) is 2.16. The molecule has 0 aromatic heterocycles. The number of hydrogen-bond acceptors (Lipinski definition) is 3. The van der Waals surface area contributed by atoms with Crippen molar-refractivity contribution in [3.8, 4) is 0 Å². The quantitative estimate of drug-likeness (QED) is 0.772. The molecule has 0 bridgehead atoms. The lowest BCUT2D eigenvalue weighted by atomic mass is 10.3. The third kappa shape index (κ3) is 2.02. The van der Waals surface area contributed by atoms with Crippen LogP contribution in [0.2, 0.25) is 0 Å². The van der Waals surface area contributed by atoms with Crippen LogP contribution in [-0.4, -0.2) is 12.6 Å². The molecule has 0 radical (unpaired) electrons. The van der Waals surface area contributed by atoms with E-state index in [9.17, 15) is 4.57 Å². The second kappa shape index (κ2) is 4.51. The van der Waals surface area contributed by atoms with Gasteiger partial charge in [-0.3, -0.25) is 0 Å². The van der Waals surface area contributed by atoms with Crippen molar-refractivity contribution in [2.24, 2.45) is 0 Å². The lowest BCUT2D eigenvalue weighted by molar-refractivity contribution is 0.583. The molecule has 0 amide bonds. The van der Waals surface area contributed by atoms with Crippen LogP contribution in [0, 0.1) is 0 Å². The predicted molar refractivity (Wildman–Crippen MR) is 77.1 cm³/mol. The SMILES string of the molecule is O=P1(c2ccccc2)CNc2ccccc2NC1. The summed E-state index contributed by atoms with van der Waals surface area (Å²) in [6.45, 7) is 0. The van der Waals surface area contributed by atoms with Crippen LogP contribution in [0.4, 0.5) is 11.4 Å². The molecule has 1 aliphatic rings. The van der Waals surface area contributed by atoms with Crippen LogP contribution in [0.3, 0.4) is 0 Å². The van der Waals surface area contributed by atoms with E-state index in [2.05, 4.69) is 10.6 Å². The largest absolute Gasteiger partial charge is 0.376 e. The maximum absolute atomic E-state index is 13.0. The van der Waals surface area contributed by atoms with Gasteiger partial charge in [0, 0.05) is 5.30 Å². The molecule has 4 heteroatoms. The summed E-state index contributed by atoms with van der Waals surface area (Å²) in [5.41, 5.74) is 2.04. The van der Waals surface area contributed by atoms with Crippen LogP contribution in [0.15, 0.2) is 54.6 Å². The standard InChI is InChI=1S/C14H15N2OP/c17-18(12-6-2-1-3-7-12)10-15-13-8-4-5-9-14(13)16-11-18/h1-9,15-16H,10-11H2. The van der Waals surface area contributed by atoms with E-state index in [-0.39, 0.29) is 0 Å². The van der Waals surface area contributed by atoms with Crippen molar-refractivity contribution >= 4 is 23.8 Å². The minimum Gasteiger partial charge on any atom is -0.376 e. The number of hydrogen-bond donors (Lipinski definition) is 2. The van der Waals surface area contributed by atoms with Gasteiger partial charge in [0.05, 0.1) is 23.9 Å². The molecule has 2 N–H and O–H groups in total. The summed E-state index contributed by atoms with van der Waals surface area (Å²) >= 11 is 0. The number of nitrogens with one attached hydrogen (secondary N) is 2. The first-order chi connectivity index (χ1) is 8.78. The Morgan fingerprint density at radius 3 is 1.83 bits per heavy atom. The third-order valence-corrected chi connectivity index (χ3v) is 5.78. The molecule has 3 nitrogen and oxygen atoms in total. The van der Waals surface area contributed by atoms with Gasteiger partial charge in [-0.1, -0.05) is 42.5 Å². The lowest BCUT2D eigenvalue weighted by Gasteiger charge is -2.16. The molecule has 0 atom stereocenters. The average Bonchev–Trinajstić information content (AvgIpc) is 2.61. The van der Waals surface area contributed by atoms with E-state index in [0.717, 1.165) is 16.7 Å². The lowest BCUT2D eigenvalue weighted by Crippen LogP contribution is -2.15. The fraction of sp³-hybridized carbons (Fsp3) is 0.143. The van der Waals surface area contributed by atoms with Crippen molar-refractivity contribution in [2.75, 3.05) is 23.2 Å². The molecule has 0 saturated heterocycles. The number of para-hydroxylation sites is 2. The van der Waals surface area contributed by atoms with E-state index in [1.165, 1.54) is 0 Å². The van der Waals surface area contributed by atoms with Gasteiger partial charge < -0.3 is 15.2 Å². The number of fused-ring (bicyclic) bond motifs is 1. The molecule has 0 aliphatic carbocycles. The third-order valence-electron chi connectivity index (χ3n) is 3.20. The minimum atomic E-state index is -2.41. The van der Waals surface area contributed by atoms with Crippen LogP contribution in [0.25, 0.3) is 0 Å². The second-order valence-corrected chi connectivity index (χ2v) is 7.37. The zero-order valence-electron chi connectivity index (χ0n) is 9.97. The summed E-state index contributed by atoms with van der Waals surface area (Å²) in [4.78, 5) is 0. The smallest absolute Gasteiger partial charge is 0.151 e. The van der Waals surface area contributed by atoms with E-state index in [1.807, 2.05) is 54.6 Å². The van der Waals surface area contributed by atoms with E-state index in [4.69, 9.17) is 0 Å². The Labute approximate surface area is 107 Å². The topological polar surface area (TPSA) is 41.1 Å². The normalized spacial score (nSPS) is 16.9. The van der Waals surface area contributed by atoms with Gasteiger partial charge in [-0.25, -0.2) is 0 Å². The first-order valence-corrected chi connectivity index (χ1v) is 8.06. The van der Waals surface area contributed by atoms with Crippen LogP contribution < -0.4 is 15.9 Å². The molecule has 3 rings (SSSR count). The van der Waals surface area contributed by atoms with Gasteiger partial charge >= 0.3 is 0 Å². The highest BCUT2D eigenvalue weighted by Gasteiger charge is 2.27. The maximum Gasteiger partial charge on any atom is 0.151 e. The van der Waals surface area contributed by atoms with Crippen LogP contribution in [0.1, 0.15) is 0 Å². The van der Waals surface area contributed by atoms with Gasteiger partial charge in [-0.2, -0.15) is 0 Å². The summed E-state index contributed by atoms with van der Waals surface area (Å²) in [6, 6.07) is 17.7. The van der Waals surface area contributed by atoms with Gasteiger partial charge in [0.25, 0.3) is 0 Å². The van der Waals surface area contributed by atoms with E-state index < -0.39 is 7.14 Å². The molecule has 92 valence electrons. The highest BCUT2D eigenvalue weighted by atomic mass is 31.2. The predicted octanol–water partition coefficient (Wildman–Crippen LogP) is 3.13. The number of anilines is 2. The van der Waals surface area contributed by atoms with Crippen molar-refractivity contribution in [1.82, 2.24) is 0 Å². The number of rotatable bonds is 1. The van der Waals surface area contributed by atoms with Gasteiger partial charge in [-0.15, -0.1) is 0 Å². The van der Waals surface area contributed by atoms with Crippen molar-refractivity contribution in [3.63, 3.8) is 0 Å². The van der Waals surface area contributed by atoms with Crippen molar-refractivity contribution in [2.45, 2.75) is 0 Å². The average molecular weight is 258 g/mol. The Hall–Kier alpha value is -1.73. The van der Waals surface area contributed by atoms with E-state index in [1.54, 1.807) is 0 Å². The van der Waals surface area contributed by atoms with Crippen LogP contribution >= 0.6 is 7.14 Å². The Bertz CT molecular complexity index is 567. The monoisotopic (exact) mass is 258 g/mol. The summed E-state index contributed by atoms with van der Waals surface area (Å²) in [7, 11) is -2.41. The van der Waals surface area contributed by atoms with E-state index >= 15 is 0 Å². The molecule has 0 unspecified atom stereocenters. The molecular weight excluding hydrogens is 243 g/mol. The summed E-state index contributed by atoms with van der Waals surface area (Å²) in [6.07, 6.45) is 1.00. The summed E-state index contributed by atoms with van der Waals surface area (Å²) < 4.78 is 13.0. The fourth-order valence-corrected chi connectivity index (χ4v) is 4.20. The molecule has 18 heavy (non-hydrogen) atoms. The van der Waals surface area contributed by atoms with Gasteiger partial charge in [0.1, 0.15) is 0 Å². The van der Waals surface area contributed by atoms with Crippen molar-refractivity contribution < 1.29 is 4.57 Å². The van der Waals surface area contributed by atoms with Crippen LogP contribution in [-0.2, 0) is 4.57 Å². The molecule has 0 fully saturated rings. The first-order valence-electron chi connectivity index (χ1n) is 5.98. The molecular formula is C14H15N2OP. The molecule has 0 saturated carbocycles. The van der Waals surface area contributed by atoms with Crippen molar-refractivity contribution in [3.05, 3.63) is 54.6 Å². The number of benzene rings is 2. The van der Waals surface area contributed by atoms with Crippen molar-refractivity contribution in [1.29, 1.82) is 0 Å². The summed E-state index contributed by atoms with van der Waals surface area (Å²) in [5, 5.41) is 7.51. The molecule has 0 spiro atoms. The molecule has 2 aromatic carbocycles. The molecule has 2 aromatic rings. The Morgan fingerprint density at radius 2 is 1.28 bits per heavy atom. The Morgan fingerprint density at radius 1 is 0.778 bits per heavy atom. The second-order valence-electron chi connectivity index (χ2n) is 4.44. The molecule has 1 aliphatic heterocycles. The highest BCUT2D eigenvalue weighted by Crippen LogP contribution is 2.46. The Balaban J connectivity index is 1.93. The molecule has 1 heterocycles. The maximum atomic E-state index is 13.0. The van der Waals surface area contributed by atoms with E-state index in [0.29, 0.717) is 12.6 Å². The first kappa shape index (κ1) is 11.4. The minimum absolute atomic E-state index is 0.501. The Kier molecular flexibility index (Phi) is 2.85. The van der Waals surface area contributed by atoms with Gasteiger partial charge in [-0.05, 0) is 12.1 Å².